The van der Waals surface area contributed by atoms with Crippen LogP contribution in [0.15, 0.2) is 79.0 Å². The lowest BCUT2D eigenvalue weighted by Crippen LogP contribution is -2.30. The van der Waals surface area contributed by atoms with Crippen LogP contribution in [0.4, 0.5) is 5.69 Å². The summed E-state index contributed by atoms with van der Waals surface area (Å²) < 4.78 is 2.16. The van der Waals surface area contributed by atoms with Crippen molar-refractivity contribution in [3.05, 3.63) is 96.0 Å². The Labute approximate surface area is 153 Å². The molecule has 26 heavy (non-hydrogen) atoms. The largest absolute Gasteiger partial charge is 0.238 e. The molecule has 0 atom stereocenters. The first-order valence-corrected chi connectivity index (χ1v) is 8.63. The number of rotatable bonds is 2. The molecule has 0 amide bonds. The minimum atomic E-state index is 0.674. The number of hydrogen-bond donors (Lipinski definition) is 0. The van der Waals surface area contributed by atoms with E-state index in [1.54, 1.807) is 0 Å². The molecule has 4 rings (SSSR count). The molecule has 124 valence electrons. The molecule has 3 aromatic carbocycles. The number of hydrogen-bond acceptors (Lipinski definition) is 0. The highest BCUT2D eigenvalue weighted by Crippen LogP contribution is 2.32. The topological polar surface area (TPSA) is 8.24 Å². The molecule has 0 bridgehead atoms. The first-order chi connectivity index (χ1) is 12.7. The summed E-state index contributed by atoms with van der Waals surface area (Å²) in [5.41, 5.74) is 6.76. The fourth-order valence-corrected chi connectivity index (χ4v) is 3.50. The van der Waals surface area contributed by atoms with Gasteiger partial charge in [0.2, 0.25) is 5.69 Å². The molecule has 2 nitrogen and oxygen atoms in total. The molecule has 2 heteroatoms. The van der Waals surface area contributed by atoms with Gasteiger partial charge >= 0.3 is 0 Å². The minimum Gasteiger partial charge on any atom is -0.238 e. The molecule has 0 spiro atoms. The second-order valence-electron chi connectivity index (χ2n) is 6.55. The van der Waals surface area contributed by atoms with Gasteiger partial charge in [-0.15, -0.1) is 0 Å². The summed E-state index contributed by atoms with van der Waals surface area (Å²) in [6, 6.07) is 25.1. The SMILES string of the molecule is [C-]#[N+]c1ccc2c(-c3ccc(-c4ccccc4)cc3C)[n+](C)ccc2c1. The normalized spacial score (nSPS) is 10.7. The van der Waals surface area contributed by atoms with Gasteiger partial charge in [0.15, 0.2) is 11.9 Å². The lowest BCUT2D eigenvalue weighted by atomic mass is 9.95. The Kier molecular flexibility index (Phi) is 3.99. The summed E-state index contributed by atoms with van der Waals surface area (Å²) in [4.78, 5) is 3.55. The van der Waals surface area contributed by atoms with Gasteiger partial charge in [-0.2, -0.15) is 0 Å². The average molecular weight is 335 g/mol. The minimum absolute atomic E-state index is 0.674. The van der Waals surface area contributed by atoms with Crippen LogP contribution in [-0.2, 0) is 7.05 Å². The number of benzene rings is 3. The van der Waals surface area contributed by atoms with Crippen molar-refractivity contribution < 1.29 is 4.57 Å². The van der Waals surface area contributed by atoms with Crippen molar-refractivity contribution in [1.82, 2.24) is 0 Å². The van der Waals surface area contributed by atoms with Crippen LogP contribution < -0.4 is 4.57 Å². The Morgan fingerprint density at radius 2 is 1.65 bits per heavy atom. The van der Waals surface area contributed by atoms with E-state index in [1.165, 1.54) is 27.9 Å². The fourth-order valence-electron chi connectivity index (χ4n) is 3.50. The lowest BCUT2D eigenvalue weighted by molar-refractivity contribution is -0.659. The molecule has 0 aliphatic rings. The molecule has 0 unspecified atom stereocenters. The molecule has 1 aromatic heterocycles. The number of aromatic nitrogens is 1. The van der Waals surface area contributed by atoms with Crippen LogP contribution >= 0.6 is 0 Å². The highest BCUT2D eigenvalue weighted by molar-refractivity contribution is 5.95. The predicted molar refractivity (Wildman–Crippen MR) is 107 cm³/mol. The molecular weight excluding hydrogens is 316 g/mol. The third kappa shape index (κ3) is 2.74. The Morgan fingerprint density at radius 3 is 2.38 bits per heavy atom. The number of pyridine rings is 1. The highest BCUT2D eigenvalue weighted by atomic mass is 14.9. The van der Waals surface area contributed by atoms with Gasteiger partial charge < -0.3 is 0 Å². The van der Waals surface area contributed by atoms with E-state index in [0.29, 0.717) is 5.69 Å². The number of aryl methyl sites for hydroxylation is 2. The van der Waals surface area contributed by atoms with Gasteiger partial charge in [-0.1, -0.05) is 54.6 Å². The summed E-state index contributed by atoms with van der Waals surface area (Å²) in [5.74, 6) is 0. The van der Waals surface area contributed by atoms with E-state index in [9.17, 15) is 0 Å². The molecular formula is C24H19N2+. The molecule has 0 saturated carbocycles. The van der Waals surface area contributed by atoms with Crippen molar-refractivity contribution in [2.75, 3.05) is 0 Å². The van der Waals surface area contributed by atoms with Gasteiger partial charge in [0, 0.05) is 11.6 Å². The van der Waals surface area contributed by atoms with Crippen molar-refractivity contribution in [1.29, 1.82) is 0 Å². The summed E-state index contributed by atoms with van der Waals surface area (Å²) in [6.07, 6.45) is 2.07. The molecule has 0 N–H and O–H groups in total. The maximum absolute atomic E-state index is 7.24. The maximum atomic E-state index is 7.24. The summed E-state index contributed by atoms with van der Waals surface area (Å²) in [6.45, 7) is 9.40. The molecule has 0 aliphatic carbocycles. The second-order valence-corrected chi connectivity index (χ2v) is 6.55. The average Bonchev–Trinajstić information content (AvgIpc) is 2.69. The van der Waals surface area contributed by atoms with Gasteiger partial charge in [-0.3, -0.25) is 0 Å². The quantitative estimate of drug-likeness (QED) is 0.320. The van der Waals surface area contributed by atoms with Crippen molar-refractivity contribution >= 4 is 16.5 Å². The number of fused-ring (bicyclic) bond motifs is 1. The van der Waals surface area contributed by atoms with Gasteiger partial charge in [0.1, 0.15) is 7.05 Å². The zero-order chi connectivity index (χ0) is 18.1. The van der Waals surface area contributed by atoms with E-state index >= 15 is 0 Å². The first kappa shape index (κ1) is 16.1. The monoisotopic (exact) mass is 335 g/mol. The van der Waals surface area contributed by atoms with Crippen LogP contribution in [0.25, 0.3) is 38.0 Å². The molecule has 0 saturated heterocycles. The van der Waals surface area contributed by atoms with Crippen LogP contribution in [0.2, 0.25) is 0 Å². The summed E-state index contributed by atoms with van der Waals surface area (Å²) >= 11 is 0. The Balaban J connectivity index is 1.90. The van der Waals surface area contributed by atoms with Crippen molar-refractivity contribution in [3.63, 3.8) is 0 Å². The lowest BCUT2D eigenvalue weighted by Gasteiger charge is -2.10. The zero-order valence-corrected chi connectivity index (χ0v) is 14.9. The first-order valence-electron chi connectivity index (χ1n) is 8.63. The maximum Gasteiger partial charge on any atom is 0.220 e. The third-order valence-corrected chi connectivity index (χ3v) is 4.84. The Morgan fingerprint density at radius 1 is 0.846 bits per heavy atom. The van der Waals surface area contributed by atoms with E-state index in [2.05, 4.69) is 84.2 Å². The fraction of sp³-hybridized carbons (Fsp3) is 0.0833. The molecule has 4 aromatic rings. The van der Waals surface area contributed by atoms with E-state index in [-0.39, 0.29) is 0 Å². The molecule has 0 radical (unpaired) electrons. The Hall–Kier alpha value is -3.44. The van der Waals surface area contributed by atoms with E-state index in [0.717, 1.165) is 10.8 Å². The van der Waals surface area contributed by atoms with Crippen LogP contribution in [0.3, 0.4) is 0 Å². The van der Waals surface area contributed by atoms with Crippen LogP contribution in [0.1, 0.15) is 5.56 Å². The predicted octanol–water partition coefficient (Wildman–Crippen LogP) is 5.86. The standard InChI is InChI=1S/C24H19N2/c1-17-15-19(18-7-5-4-6-8-18)9-11-22(17)24-23-12-10-21(25-2)16-20(23)13-14-26(24)3/h4-16H,1,3H3/q+1. The van der Waals surface area contributed by atoms with Crippen LogP contribution in [-0.4, -0.2) is 0 Å². The smallest absolute Gasteiger partial charge is 0.220 e. The van der Waals surface area contributed by atoms with E-state index in [1.807, 2.05) is 18.2 Å². The molecule has 0 fully saturated rings. The Bertz CT molecular complexity index is 1150. The van der Waals surface area contributed by atoms with E-state index < -0.39 is 0 Å². The van der Waals surface area contributed by atoms with Crippen LogP contribution in [0.5, 0.6) is 0 Å². The highest BCUT2D eigenvalue weighted by Gasteiger charge is 2.17. The van der Waals surface area contributed by atoms with E-state index in [4.69, 9.17) is 6.57 Å². The van der Waals surface area contributed by atoms with Crippen molar-refractivity contribution in [2.24, 2.45) is 7.05 Å². The van der Waals surface area contributed by atoms with Crippen molar-refractivity contribution in [3.8, 4) is 22.4 Å². The molecule has 1 heterocycles. The zero-order valence-electron chi connectivity index (χ0n) is 14.9. The van der Waals surface area contributed by atoms with Gasteiger partial charge in [0.05, 0.1) is 12.0 Å². The second kappa shape index (κ2) is 6.46. The van der Waals surface area contributed by atoms with Crippen LogP contribution in [0, 0.1) is 13.5 Å². The van der Waals surface area contributed by atoms with Gasteiger partial charge in [0.25, 0.3) is 0 Å². The summed E-state index contributed by atoms with van der Waals surface area (Å²) in [5, 5.41) is 2.26. The number of nitrogens with zero attached hydrogens (tertiary/aromatic N) is 2. The molecule has 0 aliphatic heterocycles. The third-order valence-electron chi connectivity index (χ3n) is 4.84. The van der Waals surface area contributed by atoms with Gasteiger partial charge in [-0.25, -0.2) is 9.41 Å². The van der Waals surface area contributed by atoms with Gasteiger partial charge in [-0.05, 0) is 41.1 Å². The van der Waals surface area contributed by atoms with Crippen molar-refractivity contribution in [2.45, 2.75) is 6.92 Å². The summed E-state index contributed by atoms with van der Waals surface area (Å²) in [7, 11) is 2.07.